The van der Waals surface area contributed by atoms with Crippen molar-refractivity contribution in [3.63, 3.8) is 0 Å². The summed E-state index contributed by atoms with van der Waals surface area (Å²) in [6, 6.07) is 7.10. The smallest absolute Gasteiger partial charge is 0.326 e. The lowest BCUT2D eigenvalue weighted by molar-refractivity contribution is -0.149. The lowest BCUT2D eigenvalue weighted by atomic mass is 10.0. The van der Waals surface area contributed by atoms with Crippen molar-refractivity contribution in [1.29, 1.82) is 0 Å². The Morgan fingerprint density at radius 1 is 1.14 bits per heavy atom. The number of nitrogens with zero attached hydrogens (tertiary/aromatic N) is 1. The molecule has 0 saturated carbocycles. The van der Waals surface area contributed by atoms with E-state index in [9.17, 15) is 24.6 Å². The van der Waals surface area contributed by atoms with E-state index in [1.54, 1.807) is 0 Å². The van der Waals surface area contributed by atoms with E-state index >= 15 is 0 Å². The maximum atomic E-state index is 13.1. The first-order valence-corrected chi connectivity index (χ1v) is 10.2. The van der Waals surface area contributed by atoms with E-state index < -0.39 is 30.1 Å². The first-order valence-electron chi connectivity index (χ1n) is 10.2. The molecule has 2 rings (SSSR count). The Kier molecular flexibility index (Phi) is 9.08. The zero-order valence-corrected chi connectivity index (χ0v) is 16.6. The van der Waals surface area contributed by atoms with Gasteiger partial charge in [-0.1, -0.05) is 36.8 Å². The molecule has 162 valence electrons. The Hall–Kier alpha value is -2.45. The highest BCUT2D eigenvalue weighted by molar-refractivity contribution is 5.88. The first kappa shape index (κ1) is 22.8. The minimum atomic E-state index is -1.02. The van der Waals surface area contributed by atoms with Crippen LogP contribution in [-0.4, -0.2) is 64.2 Å². The molecule has 0 aromatic heterocycles. The van der Waals surface area contributed by atoms with Gasteiger partial charge in [-0.15, -0.1) is 0 Å². The predicted octanol–water partition coefficient (Wildman–Crippen LogP) is 1.48. The van der Waals surface area contributed by atoms with Gasteiger partial charge in [-0.3, -0.25) is 14.9 Å². The molecule has 1 saturated heterocycles. The Balaban J connectivity index is 0.00000450. The van der Waals surface area contributed by atoms with Crippen LogP contribution >= 0.6 is 0 Å². The summed E-state index contributed by atoms with van der Waals surface area (Å²) in [5, 5.41) is 22.0. The molecule has 0 aliphatic carbocycles. The zero-order valence-electron chi connectivity index (χ0n) is 16.6. The van der Waals surface area contributed by atoms with Crippen molar-refractivity contribution < 1.29 is 26.0 Å². The van der Waals surface area contributed by atoms with E-state index in [-0.39, 0.29) is 7.33 Å². The summed E-state index contributed by atoms with van der Waals surface area (Å²) < 4.78 is 0. The number of hydrogen-bond donors (Lipinski definition) is 4. The monoisotopic (exact) mass is 407 g/mol. The van der Waals surface area contributed by atoms with Crippen molar-refractivity contribution in [3.05, 3.63) is 35.9 Å². The van der Waals surface area contributed by atoms with Crippen LogP contribution in [0.15, 0.2) is 30.3 Å². The second-order valence-electron chi connectivity index (χ2n) is 7.45. The summed E-state index contributed by atoms with van der Waals surface area (Å²) in [5.74, 6) is -2.37. The quantitative estimate of drug-likeness (QED) is 0.386. The van der Waals surface area contributed by atoms with Crippen LogP contribution in [-0.2, 0) is 20.8 Å². The second kappa shape index (κ2) is 11.5. The number of nitrogens with two attached hydrogens (primary N) is 1. The van der Waals surface area contributed by atoms with Crippen LogP contribution in [0.3, 0.4) is 0 Å². The second-order valence-corrected chi connectivity index (χ2v) is 7.45. The maximum Gasteiger partial charge on any atom is 0.326 e. The Morgan fingerprint density at radius 3 is 2.48 bits per heavy atom. The Labute approximate surface area is 172 Å². The normalized spacial score (nSPS) is 18.4. The number of unbranched alkanes of at least 4 members (excludes halogenated alkanes) is 1. The Morgan fingerprint density at radius 2 is 1.86 bits per heavy atom. The van der Waals surface area contributed by atoms with E-state index in [0.29, 0.717) is 51.6 Å². The highest BCUT2D eigenvalue weighted by Crippen LogP contribution is 2.20. The van der Waals surface area contributed by atoms with Gasteiger partial charge in [0.25, 0.3) is 0 Å². The third kappa shape index (κ3) is 6.83. The fourth-order valence-corrected chi connectivity index (χ4v) is 3.73. The number of benzene rings is 1. The van der Waals surface area contributed by atoms with Crippen molar-refractivity contribution in [2.24, 2.45) is 5.73 Å². The van der Waals surface area contributed by atoms with Crippen LogP contribution in [0.4, 0.5) is 0 Å². The summed E-state index contributed by atoms with van der Waals surface area (Å²) >= 11 is 0. The van der Waals surface area contributed by atoms with Gasteiger partial charge in [-0.2, -0.15) is 0 Å². The molecule has 1 aromatic rings. The number of carboxylic acids is 2. The number of rotatable bonds is 12. The molecule has 8 heteroatoms. The summed E-state index contributed by atoms with van der Waals surface area (Å²) in [4.78, 5) is 37.7. The van der Waals surface area contributed by atoms with Crippen LogP contribution in [0, 0.1) is 0 Å². The highest BCUT2D eigenvalue weighted by atomic mass is 16.4. The molecule has 0 bridgehead atoms. The van der Waals surface area contributed by atoms with Crippen molar-refractivity contribution in [1.82, 2.24) is 10.2 Å². The SMILES string of the molecule is NCCCC[C@H](N[C@@H](CCc1ccccc1)C(=O)O)C(=O)N1CCC[C@H]1C(=O)O.[HH]. The number of carbonyl (C=O) groups excluding carboxylic acids is 1. The molecule has 5 N–H and O–H groups in total. The molecule has 1 heterocycles. The zero-order chi connectivity index (χ0) is 21.2. The summed E-state index contributed by atoms with van der Waals surface area (Å²) in [5.41, 5.74) is 6.57. The van der Waals surface area contributed by atoms with Crippen molar-refractivity contribution >= 4 is 17.8 Å². The summed E-state index contributed by atoms with van der Waals surface area (Å²) in [6.45, 7) is 0.866. The van der Waals surface area contributed by atoms with E-state index in [1.165, 1.54) is 4.90 Å². The van der Waals surface area contributed by atoms with Crippen LogP contribution in [0.5, 0.6) is 0 Å². The number of aliphatic carboxylic acids is 2. The van der Waals surface area contributed by atoms with Crippen molar-refractivity contribution in [3.8, 4) is 0 Å². The molecule has 1 aliphatic rings. The third-order valence-electron chi connectivity index (χ3n) is 5.33. The molecule has 8 nitrogen and oxygen atoms in total. The van der Waals surface area contributed by atoms with Gasteiger partial charge in [0.2, 0.25) is 5.91 Å². The lowest BCUT2D eigenvalue weighted by Crippen LogP contribution is -2.54. The van der Waals surface area contributed by atoms with Gasteiger partial charge in [0.15, 0.2) is 0 Å². The third-order valence-corrected chi connectivity index (χ3v) is 5.33. The van der Waals surface area contributed by atoms with Crippen LogP contribution in [0.2, 0.25) is 0 Å². The highest BCUT2D eigenvalue weighted by Gasteiger charge is 2.38. The van der Waals surface area contributed by atoms with Gasteiger partial charge in [-0.05, 0) is 50.6 Å². The van der Waals surface area contributed by atoms with E-state index in [1.807, 2.05) is 30.3 Å². The summed E-state index contributed by atoms with van der Waals surface area (Å²) in [7, 11) is 0. The molecular formula is C21H33N3O5. The maximum absolute atomic E-state index is 13.1. The molecule has 29 heavy (non-hydrogen) atoms. The van der Waals surface area contributed by atoms with Gasteiger partial charge in [-0.25, -0.2) is 4.79 Å². The first-order chi connectivity index (χ1) is 13.9. The van der Waals surface area contributed by atoms with Gasteiger partial charge < -0.3 is 20.8 Å². The van der Waals surface area contributed by atoms with Crippen LogP contribution < -0.4 is 11.1 Å². The van der Waals surface area contributed by atoms with E-state index in [0.717, 1.165) is 12.0 Å². The average molecular weight is 408 g/mol. The predicted molar refractivity (Wildman–Crippen MR) is 111 cm³/mol. The molecular weight excluding hydrogens is 374 g/mol. The van der Waals surface area contributed by atoms with E-state index in [2.05, 4.69) is 5.32 Å². The van der Waals surface area contributed by atoms with Crippen LogP contribution in [0.25, 0.3) is 0 Å². The molecule has 1 aliphatic heterocycles. The minimum Gasteiger partial charge on any atom is -0.480 e. The molecule has 0 spiro atoms. The number of likely N-dealkylation sites (tertiary alicyclic amines) is 1. The molecule has 1 fully saturated rings. The number of carbonyl (C=O) groups is 3. The number of carboxylic acid groups (broad SMARTS) is 2. The number of hydrogen-bond acceptors (Lipinski definition) is 5. The van der Waals surface area contributed by atoms with Gasteiger partial charge in [0.1, 0.15) is 12.1 Å². The summed E-state index contributed by atoms with van der Waals surface area (Å²) in [6.07, 6.45) is 3.76. The van der Waals surface area contributed by atoms with Crippen molar-refractivity contribution in [2.45, 2.75) is 63.1 Å². The fourth-order valence-electron chi connectivity index (χ4n) is 3.73. The van der Waals surface area contributed by atoms with Gasteiger partial charge in [0.05, 0.1) is 6.04 Å². The lowest BCUT2D eigenvalue weighted by Gasteiger charge is -2.29. The van der Waals surface area contributed by atoms with Crippen LogP contribution in [0.1, 0.15) is 45.5 Å². The number of amides is 1. The minimum absolute atomic E-state index is 0. The van der Waals surface area contributed by atoms with Gasteiger partial charge >= 0.3 is 11.9 Å². The molecule has 0 unspecified atom stereocenters. The molecule has 3 atom stereocenters. The molecule has 1 amide bonds. The fraction of sp³-hybridized carbons (Fsp3) is 0.571. The van der Waals surface area contributed by atoms with Crippen molar-refractivity contribution in [2.75, 3.05) is 13.1 Å². The van der Waals surface area contributed by atoms with Gasteiger partial charge in [0, 0.05) is 7.97 Å². The Bertz CT molecular complexity index is 688. The molecule has 1 aromatic carbocycles. The standard InChI is InChI=1S/C21H31N3O5.H2/c22-13-5-4-9-16(19(25)24-14-6-10-18(24)21(28)29)23-17(20(26)27)12-11-15-7-2-1-3-8-15;/h1-3,7-8,16-18,23H,4-6,9-14,22H2,(H,26,27)(H,28,29);1H/t16-,17-,18-;/m0./s1. The number of nitrogens with one attached hydrogen (secondary N) is 1. The topological polar surface area (TPSA) is 133 Å². The average Bonchev–Trinajstić information content (AvgIpc) is 3.20. The molecule has 0 radical (unpaired) electrons. The number of aryl methyl sites for hydroxylation is 1. The largest absolute Gasteiger partial charge is 0.480 e. The van der Waals surface area contributed by atoms with E-state index in [4.69, 9.17) is 5.73 Å².